The fourth-order valence-corrected chi connectivity index (χ4v) is 2.88. The van der Waals surface area contributed by atoms with Crippen molar-refractivity contribution in [2.75, 3.05) is 6.61 Å². The monoisotopic (exact) mass is 298 g/mol. The highest BCUT2D eigenvalue weighted by molar-refractivity contribution is 7.99. The molecule has 0 heterocycles. The van der Waals surface area contributed by atoms with Crippen molar-refractivity contribution < 1.29 is 9.53 Å². The molecule has 0 aliphatic rings. The minimum Gasteiger partial charge on any atom is -0.461 e. The Hall–Kier alpha value is -2.00. The lowest BCUT2D eigenvalue weighted by atomic mass is 10.1. The van der Waals surface area contributed by atoms with Crippen molar-refractivity contribution in [3.63, 3.8) is 0 Å². The second kappa shape index (κ2) is 7.70. The third-order valence-electron chi connectivity index (χ3n) is 2.91. The average Bonchev–Trinajstić information content (AvgIpc) is 2.52. The molecule has 2 aromatic carbocycles. The number of carbonyl (C=O) groups excluding carboxylic acids is 1. The highest BCUT2D eigenvalue weighted by Crippen LogP contribution is 2.35. The lowest BCUT2D eigenvalue weighted by Crippen LogP contribution is -2.11. The lowest BCUT2D eigenvalue weighted by molar-refractivity contribution is -0.138. The fourth-order valence-electron chi connectivity index (χ4n) is 1.80. The first-order valence-electron chi connectivity index (χ1n) is 6.76. The number of hydrogen-bond donors (Lipinski definition) is 0. The Labute approximate surface area is 129 Å². The van der Waals surface area contributed by atoms with Crippen LogP contribution in [0.25, 0.3) is 0 Å². The standard InChI is InChI=1S/C18H18O2S/c1-14(2)18(19)20-13-17(15-9-5-3-6-10-15)21-16-11-7-4-8-12-16/h3-12,17H,1,13H2,2H3. The summed E-state index contributed by atoms with van der Waals surface area (Å²) in [6, 6.07) is 20.2. The van der Waals surface area contributed by atoms with Crippen LogP contribution in [0.15, 0.2) is 77.7 Å². The van der Waals surface area contributed by atoms with Crippen molar-refractivity contribution in [2.45, 2.75) is 17.1 Å². The lowest BCUT2D eigenvalue weighted by Gasteiger charge is -2.17. The molecule has 0 aliphatic carbocycles. The summed E-state index contributed by atoms with van der Waals surface area (Å²) in [6.07, 6.45) is 0. The van der Waals surface area contributed by atoms with Gasteiger partial charge in [-0.2, -0.15) is 0 Å². The summed E-state index contributed by atoms with van der Waals surface area (Å²) in [7, 11) is 0. The van der Waals surface area contributed by atoms with Crippen LogP contribution in [0.1, 0.15) is 17.7 Å². The van der Waals surface area contributed by atoms with Crippen molar-refractivity contribution in [1.29, 1.82) is 0 Å². The molecule has 108 valence electrons. The molecule has 21 heavy (non-hydrogen) atoms. The molecule has 0 amide bonds. The van der Waals surface area contributed by atoms with Gasteiger partial charge < -0.3 is 4.74 Å². The molecule has 1 atom stereocenters. The molecule has 0 aromatic heterocycles. The number of esters is 1. The van der Waals surface area contributed by atoms with Crippen LogP contribution in [0, 0.1) is 0 Å². The van der Waals surface area contributed by atoms with Gasteiger partial charge >= 0.3 is 5.97 Å². The highest BCUT2D eigenvalue weighted by atomic mass is 32.2. The molecule has 2 nitrogen and oxygen atoms in total. The molecule has 2 aromatic rings. The van der Waals surface area contributed by atoms with Gasteiger partial charge in [-0.15, -0.1) is 11.8 Å². The van der Waals surface area contributed by atoms with Gasteiger partial charge in [0.05, 0.1) is 5.25 Å². The van der Waals surface area contributed by atoms with Gasteiger partial charge in [0, 0.05) is 10.5 Å². The van der Waals surface area contributed by atoms with Crippen molar-refractivity contribution in [1.82, 2.24) is 0 Å². The second-order valence-electron chi connectivity index (χ2n) is 4.71. The summed E-state index contributed by atoms with van der Waals surface area (Å²) in [5, 5.41) is 0.0666. The number of hydrogen-bond acceptors (Lipinski definition) is 3. The molecule has 0 spiro atoms. The van der Waals surface area contributed by atoms with Gasteiger partial charge in [-0.3, -0.25) is 0 Å². The Morgan fingerprint density at radius 2 is 1.67 bits per heavy atom. The van der Waals surface area contributed by atoms with Gasteiger partial charge in [0.2, 0.25) is 0 Å². The number of carbonyl (C=O) groups is 1. The molecule has 0 aliphatic heterocycles. The minimum absolute atomic E-state index is 0.0666. The molecule has 3 heteroatoms. The van der Waals surface area contributed by atoms with E-state index in [0.29, 0.717) is 12.2 Å². The molecule has 0 saturated carbocycles. The van der Waals surface area contributed by atoms with E-state index in [9.17, 15) is 4.79 Å². The van der Waals surface area contributed by atoms with Crippen LogP contribution in [0.2, 0.25) is 0 Å². The van der Waals surface area contributed by atoms with Gasteiger partial charge in [0.1, 0.15) is 6.61 Å². The van der Waals surface area contributed by atoms with E-state index >= 15 is 0 Å². The van der Waals surface area contributed by atoms with Gasteiger partial charge in [-0.05, 0) is 24.6 Å². The summed E-state index contributed by atoms with van der Waals surface area (Å²) in [4.78, 5) is 12.8. The third-order valence-corrected chi connectivity index (χ3v) is 4.14. The maximum Gasteiger partial charge on any atom is 0.333 e. The Balaban J connectivity index is 2.11. The molecule has 0 bridgehead atoms. The predicted octanol–water partition coefficient (Wildman–Crippen LogP) is 4.64. The van der Waals surface area contributed by atoms with Crippen LogP contribution in [0.4, 0.5) is 0 Å². The molecule has 0 saturated heterocycles. The zero-order valence-electron chi connectivity index (χ0n) is 12.0. The quantitative estimate of drug-likeness (QED) is 0.441. The van der Waals surface area contributed by atoms with Crippen molar-refractivity contribution in [3.8, 4) is 0 Å². The maximum absolute atomic E-state index is 11.6. The van der Waals surface area contributed by atoms with Crippen LogP contribution >= 0.6 is 11.8 Å². The van der Waals surface area contributed by atoms with Gasteiger partial charge in [-0.1, -0.05) is 55.1 Å². The van der Waals surface area contributed by atoms with Gasteiger partial charge in [0.25, 0.3) is 0 Å². The van der Waals surface area contributed by atoms with E-state index in [4.69, 9.17) is 4.74 Å². The van der Waals surface area contributed by atoms with Crippen LogP contribution < -0.4 is 0 Å². The SMILES string of the molecule is C=C(C)C(=O)OCC(Sc1ccccc1)c1ccccc1. The first-order chi connectivity index (χ1) is 10.2. The highest BCUT2D eigenvalue weighted by Gasteiger charge is 2.16. The van der Waals surface area contributed by atoms with Crippen molar-refractivity contribution >= 4 is 17.7 Å². The molecule has 0 radical (unpaired) electrons. The van der Waals surface area contributed by atoms with E-state index in [1.165, 1.54) is 0 Å². The number of rotatable bonds is 6. The summed E-state index contributed by atoms with van der Waals surface area (Å²) in [6.45, 7) is 5.59. The summed E-state index contributed by atoms with van der Waals surface area (Å²) in [5.41, 5.74) is 1.56. The number of benzene rings is 2. The fraction of sp³-hybridized carbons (Fsp3) is 0.167. The van der Waals surface area contributed by atoms with E-state index in [0.717, 1.165) is 10.5 Å². The van der Waals surface area contributed by atoms with Crippen LogP contribution in [-0.4, -0.2) is 12.6 Å². The normalized spacial score (nSPS) is 11.7. The molecular weight excluding hydrogens is 280 g/mol. The van der Waals surface area contributed by atoms with E-state index in [2.05, 4.69) is 30.8 Å². The molecule has 1 unspecified atom stereocenters. The maximum atomic E-state index is 11.6. The Bertz CT molecular complexity index is 593. The van der Waals surface area contributed by atoms with E-state index in [1.54, 1.807) is 18.7 Å². The number of thioether (sulfide) groups is 1. The van der Waals surface area contributed by atoms with Crippen molar-refractivity contribution in [2.24, 2.45) is 0 Å². The van der Waals surface area contributed by atoms with E-state index < -0.39 is 0 Å². The number of ether oxygens (including phenoxy) is 1. The zero-order valence-corrected chi connectivity index (χ0v) is 12.8. The van der Waals surface area contributed by atoms with Crippen molar-refractivity contribution in [3.05, 3.63) is 78.4 Å². The third kappa shape index (κ3) is 4.80. The van der Waals surface area contributed by atoms with E-state index in [-0.39, 0.29) is 11.2 Å². The zero-order chi connectivity index (χ0) is 15.1. The predicted molar refractivity (Wildman–Crippen MR) is 87.3 cm³/mol. The first-order valence-corrected chi connectivity index (χ1v) is 7.64. The Morgan fingerprint density at radius 3 is 2.24 bits per heavy atom. The summed E-state index contributed by atoms with van der Waals surface area (Å²) >= 11 is 1.69. The Kier molecular flexibility index (Phi) is 5.64. The molecule has 0 fully saturated rings. The molecule has 2 rings (SSSR count). The smallest absolute Gasteiger partial charge is 0.333 e. The largest absolute Gasteiger partial charge is 0.461 e. The molecule has 0 N–H and O–H groups in total. The van der Waals surface area contributed by atoms with Crippen LogP contribution in [0.3, 0.4) is 0 Å². The minimum atomic E-state index is -0.343. The first kappa shape index (κ1) is 15.4. The topological polar surface area (TPSA) is 26.3 Å². The second-order valence-corrected chi connectivity index (χ2v) is 5.99. The van der Waals surface area contributed by atoms with E-state index in [1.807, 2.05) is 36.4 Å². The van der Waals surface area contributed by atoms with Gasteiger partial charge in [0.15, 0.2) is 0 Å². The van der Waals surface area contributed by atoms with Crippen LogP contribution in [-0.2, 0) is 9.53 Å². The average molecular weight is 298 g/mol. The Morgan fingerprint density at radius 1 is 1.10 bits per heavy atom. The summed E-state index contributed by atoms with van der Waals surface area (Å²) < 4.78 is 5.33. The van der Waals surface area contributed by atoms with Crippen LogP contribution in [0.5, 0.6) is 0 Å². The summed E-state index contributed by atoms with van der Waals surface area (Å²) in [5.74, 6) is -0.343. The molecular formula is C18H18O2S. The van der Waals surface area contributed by atoms with Gasteiger partial charge in [-0.25, -0.2) is 4.79 Å².